The van der Waals surface area contributed by atoms with Crippen LogP contribution in [-0.4, -0.2) is 78.7 Å². The Morgan fingerprint density at radius 2 is 1.96 bits per heavy atom. The average Bonchev–Trinajstić information content (AvgIpc) is 3.00. The summed E-state index contributed by atoms with van der Waals surface area (Å²) in [4.78, 5) is 28.8. The van der Waals surface area contributed by atoms with Crippen molar-refractivity contribution in [1.29, 1.82) is 0 Å². The van der Waals surface area contributed by atoms with Crippen LogP contribution in [0, 0.1) is 0 Å². The molecule has 0 aliphatic carbocycles. The van der Waals surface area contributed by atoms with Gasteiger partial charge in [0.25, 0.3) is 5.91 Å². The van der Waals surface area contributed by atoms with E-state index < -0.39 is 0 Å². The zero-order chi connectivity index (χ0) is 19.4. The monoisotopic (exact) mass is 395 g/mol. The van der Waals surface area contributed by atoms with Gasteiger partial charge in [0.2, 0.25) is 5.91 Å². The molecule has 0 bridgehead atoms. The number of halogens is 1. The van der Waals surface area contributed by atoms with Gasteiger partial charge in [0.1, 0.15) is 5.75 Å². The first kappa shape index (κ1) is 19.9. The Labute approximate surface area is 164 Å². The summed E-state index contributed by atoms with van der Waals surface area (Å²) < 4.78 is 5.29. The molecule has 0 spiro atoms. The Bertz CT molecular complexity index is 694. The molecule has 2 atom stereocenters. The van der Waals surface area contributed by atoms with Gasteiger partial charge in [0.15, 0.2) is 0 Å². The minimum atomic E-state index is -0.328. The molecule has 0 radical (unpaired) electrons. The number of hydrogen-bond acceptors (Lipinski definition) is 5. The highest BCUT2D eigenvalue weighted by Crippen LogP contribution is 2.26. The summed E-state index contributed by atoms with van der Waals surface area (Å²) in [5.41, 5.74) is 0.207. The van der Waals surface area contributed by atoms with Crippen LogP contribution in [0.2, 0.25) is 5.02 Å². The van der Waals surface area contributed by atoms with Gasteiger partial charge in [-0.2, -0.15) is 0 Å². The number of carbonyl (C=O) groups is 2. The minimum absolute atomic E-state index is 0.131. The van der Waals surface area contributed by atoms with E-state index in [4.69, 9.17) is 16.3 Å². The maximum atomic E-state index is 12.5. The Morgan fingerprint density at radius 1 is 1.26 bits per heavy atom. The summed E-state index contributed by atoms with van der Waals surface area (Å²) >= 11 is 5.80. The molecule has 1 aromatic carbocycles. The third-order valence-electron chi connectivity index (χ3n) is 5.46. The van der Waals surface area contributed by atoms with E-state index in [0.717, 1.165) is 12.8 Å². The molecule has 2 heterocycles. The molecular formula is C19H26ClN3O4. The van der Waals surface area contributed by atoms with Gasteiger partial charge in [-0.15, -0.1) is 0 Å². The topological polar surface area (TPSA) is 82.1 Å². The standard InChI is InChI=1S/C19H26ClN3O4/c1-22-14(11-18(25)23-6-8-27-9-7-23)3-4-15(22)12-21-19(26)16-5-2-13(20)10-17(16)24/h2,5,10,14-15,24H,3-4,6-9,11-12H2,1H3,(H,21,26)/t14-,15+/m1/s1. The Morgan fingerprint density at radius 3 is 2.67 bits per heavy atom. The van der Waals surface area contributed by atoms with Gasteiger partial charge >= 0.3 is 0 Å². The van der Waals surface area contributed by atoms with E-state index in [1.165, 1.54) is 12.1 Å². The fraction of sp³-hybridized carbons (Fsp3) is 0.579. The van der Waals surface area contributed by atoms with Crippen LogP contribution in [0.3, 0.4) is 0 Å². The normalized spacial score (nSPS) is 23.4. The number of rotatable bonds is 5. The van der Waals surface area contributed by atoms with Crippen molar-refractivity contribution >= 4 is 23.4 Å². The third-order valence-corrected chi connectivity index (χ3v) is 5.70. The zero-order valence-electron chi connectivity index (χ0n) is 15.5. The highest BCUT2D eigenvalue weighted by molar-refractivity contribution is 6.30. The number of benzene rings is 1. The van der Waals surface area contributed by atoms with Gasteiger partial charge in [-0.25, -0.2) is 0 Å². The van der Waals surface area contributed by atoms with Gasteiger partial charge in [-0.3, -0.25) is 14.5 Å². The van der Waals surface area contributed by atoms with Crippen LogP contribution in [0.1, 0.15) is 29.6 Å². The molecule has 7 nitrogen and oxygen atoms in total. The number of carbonyl (C=O) groups excluding carboxylic acids is 2. The van der Waals surface area contributed by atoms with Crippen molar-refractivity contribution in [1.82, 2.24) is 15.1 Å². The fourth-order valence-electron chi connectivity index (χ4n) is 3.73. The summed E-state index contributed by atoms with van der Waals surface area (Å²) in [7, 11) is 2.00. The van der Waals surface area contributed by atoms with Crippen molar-refractivity contribution in [3.63, 3.8) is 0 Å². The maximum Gasteiger partial charge on any atom is 0.255 e. The summed E-state index contributed by atoms with van der Waals surface area (Å²) in [5.74, 6) is -0.287. The van der Waals surface area contributed by atoms with Crippen LogP contribution < -0.4 is 5.32 Å². The number of likely N-dealkylation sites (tertiary alicyclic amines) is 1. The molecule has 2 fully saturated rings. The van der Waals surface area contributed by atoms with Crippen molar-refractivity contribution in [2.24, 2.45) is 0 Å². The van der Waals surface area contributed by atoms with E-state index in [1.807, 2.05) is 11.9 Å². The summed E-state index contributed by atoms with van der Waals surface area (Å²) in [6, 6.07) is 4.79. The number of morpholine rings is 1. The van der Waals surface area contributed by atoms with Gasteiger partial charge in [-0.05, 0) is 38.1 Å². The average molecular weight is 396 g/mol. The lowest BCUT2D eigenvalue weighted by atomic mass is 10.1. The number of ether oxygens (including phenoxy) is 1. The number of likely N-dealkylation sites (N-methyl/N-ethyl adjacent to an activating group) is 1. The van der Waals surface area contributed by atoms with E-state index >= 15 is 0 Å². The second-order valence-electron chi connectivity index (χ2n) is 7.12. The number of phenolic OH excluding ortho intramolecular Hbond substituents is 1. The number of nitrogens with one attached hydrogen (secondary N) is 1. The predicted molar refractivity (Wildman–Crippen MR) is 102 cm³/mol. The first-order valence-electron chi connectivity index (χ1n) is 9.30. The summed E-state index contributed by atoms with van der Waals surface area (Å²) in [6.45, 7) is 3.02. The van der Waals surface area contributed by atoms with Gasteiger partial charge in [0, 0.05) is 43.2 Å². The second kappa shape index (κ2) is 8.91. The van der Waals surface area contributed by atoms with Crippen LogP contribution in [0.15, 0.2) is 18.2 Å². The van der Waals surface area contributed by atoms with E-state index in [9.17, 15) is 14.7 Å². The van der Waals surface area contributed by atoms with Gasteiger partial charge in [-0.1, -0.05) is 11.6 Å². The molecule has 8 heteroatoms. The molecular weight excluding hydrogens is 370 g/mol. The highest BCUT2D eigenvalue weighted by atomic mass is 35.5. The van der Waals surface area contributed by atoms with Crippen molar-refractivity contribution in [2.75, 3.05) is 39.9 Å². The molecule has 2 amide bonds. The van der Waals surface area contributed by atoms with Gasteiger partial charge < -0.3 is 20.1 Å². The number of amides is 2. The lowest BCUT2D eigenvalue weighted by Crippen LogP contribution is -2.45. The maximum absolute atomic E-state index is 12.5. The number of hydrogen-bond donors (Lipinski definition) is 2. The zero-order valence-corrected chi connectivity index (χ0v) is 16.2. The molecule has 0 aromatic heterocycles. The van der Waals surface area contributed by atoms with Crippen LogP contribution in [0.25, 0.3) is 0 Å². The van der Waals surface area contributed by atoms with Gasteiger partial charge in [0.05, 0.1) is 18.8 Å². The first-order valence-corrected chi connectivity index (χ1v) is 9.67. The fourth-order valence-corrected chi connectivity index (χ4v) is 3.89. The Kier molecular flexibility index (Phi) is 6.57. The van der Waals surface area contributed by atoms with Crippen molar-refractivity contribution < 1.29 is 19.4 Å². The molecule has 0 unspecified atom stereocenters. The van der Waals surface area contributed by atoms with E-state index in [-0.39, 0.29) is 35.2 Å². The highest BCUT2D eigenvalue weighted by Gasteiger charge is 2.33. The molecule has 2 saturated heterocycles. The molecule has 2 aliphatic heterocycles. The molecule has 3 rings (SSSR count). The van der Waals surface area contributed by atoms with Crippen LogP contribution in [0.4, 0.5) is 0 Å². The second-order valence-corrected chi connectivity index (χ2v) is 7.56. The third kappa shape index (κ3) is 4.91. The molecule has 2 N–H and O–H groups in total. The van der Waals surface area contributed by atoms with Crippen LogP contribution in [-0.2, 0) is 9.53 Å². The summed E-state index contributed by atoms with van der Waals surface area (Å²) in [6.07, 6.45) is 2.35. The number of nitrogens with zero attached hydrogens (tertiary/aromatic N) is 2. The van der Waals surface area contributed by atoms with Crippen LogP contribution >= 0.6 is 11.6 Å². The number of phenols is 1. The summed E-state index contributed by atoms with van der Waals surface area (Å²) in [5, 5.41) is 13.1. The molecule has 148 valence electrons. The van der Waals surface area contributed by atoms with Crippen LogP contribution in [0.5, 0.6) is 5.75 Å². The Balaban J connectivity index is 1.49. The van der Waals surface area contributed by atoms with E-state index in [0.29, 0.717) is 44.3 Å². The van der Waals surface area contributed by atoms with Crippen molar-refractivity contribution in [3.8, 4) is 5.75 Å². The smallest absolute Gasteiger partial charge is 0.255 e. The molecule has 27 heavy (non-hydrogen) atoms. The molecule has 0 saturated carbocycles. The molecule has 2 aliphatic rings. The predicted octanol–water partition coefficient (Wildman–Crippen LogP) is 1.49. The largest absolute Gasteiger partial charge is 0.507 e. The van der Waals surface area contributed by atoms with E-state index in [2.05, 4.69) is 10.2 Å². The minimum Gasteiger partial charge on any atom is -0.507 e. The van der Waals surface area contributed by atoms with E-state index in [1.54, 1.807) is 6.07 Å². The first-order chi connectivity index (χ1) is 13.0. The van der Waals surface area contributed by atoms with Crippen molar-refractivity contribution in [3.05, 3.63) is 28.8 Å². The quantitative estimate of drug-likeness (QED) is 0.789. The molecule has 1 aromatic rings. The Hall–Kier alpha value is -1.83. The van der Waals surface area contributed by atoms with Crippen molar-refractivity contribution in [2.45, 2.75) is 31.3 Å². The lowest BCUT2D eigenvalue weighted by molar-refractivity contribution is -0.136. The lowest BCUT2D eigenvalue weighted by Gasteiger charge is -2.30. The number of aromatic hydroxyl groups is 1. The SMILES string of the molecule is CN1[C@@H](CC(=O)N2CCOCC2)CC[C@H]1CNC(=O)c1ccc(Cl)cc1O.